The maximum atomic E-state index is 12.5. The van der Waals surface area contributed by atoms with Crippen molar-refractivity contribution in [3.8, 4) is 0 Å². The Bertz CT molecular complexity index is 1440. The number of carbonyl (C=O) groups excluding carboxylic acids is 2. The van der Waals surface area contributed by atoms with Crippen molar-refractivity contribution in [1.82, 2.24) is 15.7 Å². The Morgan fingerprint density at radius 3 is 2.66 bits per heavy atom. The predicted molar refractivity (Wildman–Crippen MR) is 147 cm³/mol. The van der Waals surface area contributed by atoms with Crippen molar-refractivity contribution in [3.05, 3.63) is 94.0 Å². The molecule has 4 aromatic rings. The van der Waals surface area contributed by atoms with E-state index >= 15 is 0 Å². The lowest BCUT2D eigenvalue weighted by Crippen LogP contribution is -2.33. The van der Waals surface area contributed by atoms with Crippen LogP contribution in [0, 0.1) is 10.1 Å². The number of nitrogens with one attached hydrogen (secondary N) is 2. The van der Waals surface area contributed by atoms with Crippen LogP contribution in [0.4, 0.5) is 10.5 Å². The average molecular weight is 550 g/mol. The average Bonchev–Trinajstić information content (AvgIpc) is 3.32. The third-order valence-corrected chi connectivity index (χ3v) is 7.38. The highest BCUT2D eigenvalue weighted by Crippen LogP contribution is 2.38. The zero-order chi connectivity index (χ0) is 26.9. The first-order valence-electron chi connectivity index (χ1n) is 11.5. The molecule has 0 radical (unpaired) electrons. The van der Waals surface area contributed by atoms with Gasteiger partial charge in [0.05, 0.1) is 45.3 Å². The van der Waals surface area contributed by atoms with Gasteiger partial charge >= 0.3 is 6.09 Å². The molecule has 1 aromatic heterocycles. The maximum absolute atomic E-state index is 12.5. The molecule has 3 aromatic carbocycles. The van der Waals surface area contributed by atoms with E-state index in [0.29, 0.717) is 14.8 Å². The highest BCUT2D eigenvalue weighted by Gasteiger charge is 2.20. The van der Waals surface area contributed by atoms with E-state index in [9.17, 15) is 19.7 Å². The number of para-hydroxylation sites is 1. The molecule has 0 aliphatic heterocycles. The number of carbonyl (C=O) groups is 2. The third-order valence-electron chi connectivity index (χ3n) is 5.21. The molecule has 0 saturated carbocycles. The number of fused-ring (bicyclic) bond motifs is 1. The molecular weight excluding hydrogens is 526 g/mol. The van der Waals surface area contributed by atoms with E-state index < -0.39 is 23.0 Å². The lowest BCUT2D eigenvalue weighted by atomic mass is 10.0. The Morgan fingerprint density at radius 2 is 1.92 bits per heavy atom. The second-order valence-corrected chi connectivity index (χ2v) is 10.2. The van der Waals surface area contributed by atoms with Crippen molar-refractivity contribution >= 4 is 57.2 Å². The Morgan fingerprint density at radius 1 is 1.16 bits per heavy atom. The molecule has 1 heterocycles. The van der Waals surface area contributed by atoms with Crippen molar-refractivity contribution in [2.45, 2.75) is 28.6 Å². The van der Waals surface area contributed by atoms with E-state index in [0.717, 1.165) is 15.8 Å². The summed E-state index contributed by atoms with van der Waals surface area (Å²) in [5, 5.41) is 18.3. The minimum absolute atomic E-state index is 0.0853. The summed E-state index contributed by atoms with van der Waals surface area (Å²) in [5.41, 5.74) is 4.33. The summed E-state index contributed by atoms with van der Waals surface area (Å²) in [4.78, 5) is 40.7. The smallest absolute Gasteiger partial charge is 0.407 e. The quantitative estimate of drug-likeness (QED) is 0.147. The minimum Gasteiger partial charge on any atom is -0.450 e. The summed E-state index contributed by atoms with van der Waals surface area (Å²) in [6, 6.07) is 20.8. The molecule has 0 aliphatic carbocycles. The number of alkyl carbamates (subject to hydrolysis) is 1. The first kappa shape index (κ1) is 26.8. The molecule has 12 heteroatoms. The molecular formula is C26H23N5O5S2. The number of nitro benzene ring substituents is 1. The molecule has 10 nitrogen and oxygen atoms in total. The number of nitro groups is 1. The molecule has 2 amide bonds. The van der Waals surface area contributed by atoms with Crippen LogP contribution in [0.1, 0.15) is 30.5 Å². The fraction of sp³-hybridized carbons (Fsp3) is 0.154. The number of aromatic nitrogens is 1. The van der Waals surface area contributed by atoms with Crippen molar-refractivity contribution in [1.29, 1.82) is 0 Å². The number of hydrogen-bond donors (Lipinski definition) is 2. The van der Waals surface area contributed by atoms with E-state index in [-0.39, 0.29) is 18.7 Å². The topological polar surface area (TPSA) is 136 Å². The van der Waals surface area contributed by atoms with Crippen LogP contribution in [0.3, 0.4) is 0 Å². The van der Waals surface area contributed by atoms with Crippen LogP contribution in [0.5, 0.6) is 0 Å². The fourth-order valence-electron chi connectivity index (χ4n) is 3.49. The summed E-state index contributed by atoms with van der Waals surface area (Å²) < 4.78 is 6.64. The van der Waals surface area contributed by atoms with Gasteiger partial charge in [-0.15, -0.1) is 11.3 Å². The van der Waals surface area contributed by atoms with Crippen LogP contribution in [-0.4, -0.2) is 34.7 Å². The molecule has 2 N–H and O–H groups in total. The number of rotatable bonds is 10. The van der Waals surface area contributed by atoms with Crippen molar-refractivity contribution in [2.24, 2.45) is 5.10 Å². The van der Waals surface area contributed by atoms with Gasteiger partial charge < -0.3 is 10.1 Å². The molecule has 0 aliphatic rings. The predicted octanol–water partition coefficient (Wildman–Crippen LogP) is 5.68. The maximum Gasteiger partial charge on any atom is 0.407 e. The van der Waals surface area contributed by atoms with Gasteiger partial charge in [-0.25, -0.2) is 15.2 Å². The molecule has 0 saturated heterocycles. The number of hydrogen-bond acceptors (Lipinski definition) is 9. The molecule has 0 unspecified atom stereocenters. The zero-order valence-corrected chi connectivity index (χ0v) is 21.8. The third kappa shape index (κ3) is 7.14. The number of thiazole rings is 1. The van der Waals surface area contributed by atoms with E-state index in [2.05, 4.69) is 20.8 Å². The Balaban J connectivity index is 1.42. The van der Waals surface area contributed by atoms with Gasteiger partial charge in [0.2, 0.25) is 5.91 Å². The van der Waals surface area contributed by atoms with Gasteiger partial charge in [0, 0.05) is 11.6 Å². The lowest BCUT2D eigenvalue weighted by molar-refractivity contribution is -0.387. The molecule has 4 rings (SSSR count). The highest BCUT2D eigenvalue weighted by molar-refractivity contribution is 8.01. The van der Waals surface area contributed by atoms with Gasteiger partial charge in [0.1, 0.15) is 0 Å². The normalized spacial score (nSPS) is 11.8. The van der Waals surface area contributed by atoms with E-state index in [4.69, 9.17) is 4.74 Å². The summed E-state index contributed by atoms with van der Waals surface area (Å²) in [5.74, 6) is -0.454. The number of ether oxygens (including phenoxy) is 1. The van der Waals surface area contributed by atoms with E-state index in [1.165, 1.54) is 35.4 Å². The SMILES string of the molecule is CCOC(=O)N[C@H](CC(=O)N/N=C\c1ccc(Sc2nc3ccccc3s2)c([N+](=O)[O-])c1)c1ccccc1. The fourth-order valence-corrected chi connectivity index (χ4v) is 5.60. The van der Waals surface area contributed by atoms with Crippen LogP contribution < -0.4 is 10.7 Å². The number of amides is 2. The number of hydrazone groups is 1. The second-order valence-electron chi connectivity index (χ2n) is 7.86. The largest absolute Gasteiger partial charge is 0.450 e. The number of nitrogens with zero attached hydrogens (tertiary/aromatic N) is 3. The van der Waals surface area contributed by atoms with Crippen LogP contribution in [0.25, 0.3) is 10.2 Å². The van der Waals surface area contributed by atoms with Crippen molar-refractivity contribution in [3.63, 3.8) is 0 Å². The van der Waals surface area contributed by atoms with Crippen LogP contribution >= 0.6 is 23.1 Å². The van der Waals surface area contributed by atoms with Gasteiger partial charge in [-0.3, -0.25) is 14.9 Å². The first-order valence-corrected chi connectivity index (χ1v) is 13.2. The monoisotopic (exact) mass is 549 g/mol. The molecule has 0 spiro atoms. The summed E-state index contributed by atoms with van der Waals surface area (Å²) in [7, 11) is 0. The first-order chi connectivity index (χ1) is 18.4. The Labute approximate surface area is 226 Å². The van der Waals surface area contributed by atoms with Crippen LogP contribution in [0.15, 0.2) is 87.1 Å². The summed E-state index contributed by atoms with van der Waals surface area (Å²) >= 11 is 2.69. The molecule has 194 valence electrons. The Hall–Kier alpha value is -4.29. The van der Waals surface area contributed by atoms with Crippen molar-refractivity contribution < 1.29 is 19.2 Å². The summed E-state index contributed by atoms with van der Waals surface area (Å²) in [6.07, 6.45) is 0.611. The number of benzene rings is 3. The zero-order valence-electron chi connectivity index (χ0n) is 20.2. The minimum atomic E-state index is -0.631. The van der Waals surface area contributed by atoms with Crippen LogP contribution in [-0.2, 0) is 9.53 Å². The van der Waals surface area contributed by atoms with Gasteiger partial charge in [-0.2, -0.15) is 5.10 Å². The second kappa shape index (κ2) is 12.8. The van der Waals surface area contributed by atoms with E-state index in [1.54, 1.807) is 43.3 Å². The summed E-state index contributed by atoms with van der Waals surface area (Å²) in [6.45, 7) is 1.89. The molecule has 0 fully saturated rings. The van der Waals surface area contributed by atoms with Gasteiger partial charge in [0.25, 0.3) is 5.69 Å². The van der Waals surface area contributed by atoms with Gasteiger partial charge in [-0.05, 0) is 30.7 Å². The van der Waals surface area contributed by atoms with Crippen molar-refractivity contribution in [2.75, 3.05) is 6.61 Å². The standard InChI is InChI=1S/C26H23N5O5S2/c1-2-36-25(33)28-20(18-8-4-3-5-9-18)15-24(32)30-27-16-17-12-13-23(21(14-17)31(34)35)38-26-29-19-10-6-7-11-22(19)37-26/h3-14,16,20H,2,15H2,1H3,(H,28,33)(H,30,32)/b27-16-/t20-/m1/s1. The molecule has 1 atom stereocenters. The Kier molecular flexibility index (Phi) is 9.01. The van der Waals surface area contributed by atoms with E-state index in [1.807, 2.05) is 30.3 Å². The van der Waals surface area contributed by atoms with Gasteiger partial charge in [-0.1, -0.05) is 60.3 Å². The molecule has 0 bridgehead atoms. The lowest BCUT2D eigenvalue weighted by Gasteiger charge is -2.18. The van der Waals surface area contributed by atoms with Crippen LogP contribution in [0.2, 0.25) is 0 Å². The van der Waals surface area contributed by atoms with Gasteiger partial charge in [0.15, 0.2) is 4.34 Å². The molecule has 38 heavy (non-hydrogen) atoms. The highest BCUT2D eigenvalue weighted by atomic mass is 32.2.